The summed E-state index contributed by atoms with van der Waals surface area (Å²) in [4.78, 5) is 13.8. The second kappa shape index (κ2) is 7.65. The summed E-state index contributed by atoms with van der Waals surface area (Å²) in [5.41, 5.74) is 3.01. The van der Waals surface area contributed by atoms with E-state index in [-0.39, 0.29) is 5.78 Å². The van der Waals surface area contributed by atoms with E-state index >= 15 is 0 Å². The first kappa shape index (κ1) is 16.8. The number of thioether (sulfide) groups is 1. The fraction of sp³-hybridized carbons (Fsp3) is 0.167. The number of halogens is 1. The molecular weight excluding hydrogens is 358 g/mol. The van der Waals surface area contributed by atoms with Gasteiger partial charge in [0.1, 0.15) is 0 Å². The van der Waals surface area contributed by atoms with Crippen LogP contribution in [0.15, 0.2) is 68.5 Å². The molecule has 2 aromatic carbocycles. The van der Waals surface area contributed by atoms with Gasteiger partial charge in [0.25, 0.3) is 0 Å². The Labute approximate surface area is 144 Å². The van der Waals surface area contributed by atoms with Gasteiger partial charge in [0.15, 0.2) is 5.78 Å². The molecule has 0 aromatic heterocycles. The van der Waals surface area contributed by atoms with Crippen molar-refractivity contribution in [3.8, 4) is 0 Å². The van der Waals surface area contributed by atoms with Gasteiger partial charge in [-0.05, 0) is 61.0 Å². The number of hydrogen-bond acceptors (Lipinski definition) is 3. The van der Waals surface area contributed by atoms with Gasteiger partial charge >= 0.3 is 0 Å². The van der Waals surface area contributed by atoms with E-state index in [9.17, 15) is 4.79 Å². The second-order valence-corrected chi connectivity index (χ2v) is 6.97. The molecule has 0 aliphatic heterocycles. The number of benzene rings is 2. The average Bonchev–Trinajstić information content (AvgIpc) is 2.48. The van der Waals surface area contributed by atoms with Gasteiger partial charge in [-0.15, -0.1) is 0 Å². The fourth-order valence-electron chi connectivity index (χ4n) is 1.96. The molecule has 0 saturated heterocycles. The molecule has 0 unspecified atom stereocenters. The summed E-state index contributed by atoms with van der Waals surface area (Å²) in [6.07, 6.45) is 0. The van der Waals surface area contributed by atoms with Crippen molar-refractivity contribution < 1.29 is 4.79 Å². The Hall–Kier alpha value is -1.52. The molecule has 0 fully saturated rings. The van der Waals surface area contributed by atoms with Crippen LogP contribution in [0.25, 0.3) is 0 Å². The molecule has 2 aromatic rings. The lowest BCUT2D eigenvalue weighted by atomic mass is 10.2. The number of carbonyl (C=O) groups is 1. The Balaban J connectivity index is 2.27. The number of anilines is 1. The third-order valence-electron chi connectivity index (χ3n) is 3.10. The van der Waals surface area contributed by atoms with Crippen LogP contribution < -0.4 is 5.32 Å². The van der Waals surface area contributed by atoms with E-state index < -0.39 is 0 Å². The van der Waals surface area contributed by atoms with Crippen LogP contribution >= 0.6 is 27.7 Å². The Bertz CT molecular complexity index is 707. The van der Waals surface area contributed by atoms with Crippen molar-refractivity contribution >= 4 is 39.2 Å². The van der Waals surface area contributed by atoms with Gasteiger partial charge in [-0.3, -0.25) is 4.79 Å². The Morgan fingerprint density at radius 1 is 1.05 bits per heavy atom. The molecule has 0 aliphatic rings. The van der Waals surface area contributed by atoms with Crippen molar-refractivity contribution in [3.63, 3.8) is 0 Å². The zero-order valence-corrected chi connectivity index (χ0v) is 15.2. The zero-order valence-electron chi connectivity index (χ0n) is 12.8. The minimum atomic E-state index is 0.0580. The number of rotatable bonds is 5. The molecule has 0 radical (unpaired) electrons. The highest BCUT2D eigenvalue weighted by atomic mass is 79.9. The van der Waals surface area contributed by atoms with Gasteiger partial charge < -0.3 is 5.32 Å². The highest BCUT2D eigenvalue weighted by Crippen LogP contribution is 2.31. The molecule has 0 aliphatic carbocycles. The fourth-order valence-corrected chi connectivity index (χ4v) is 3.20. The summed E-state index contributed by atoms with van der Waals surface area (Å²) in [5, 5.41) is 3.31. The molecule has 0 spiro atoms. The molecule has 0 saturated carbocycles. The standard InChI is InChI=1S/C18H18BrNOS/c1-12-8-10-15(11-9-12)22-18(14(3)21)13(2)20-17-7-5-4-6-16(17)19/h4-11,20H,1-3H3/b18-13+. The molecular formula is C18H18BrNOS. The van der Waals surface area contributed by atoms with E-state index in [1.807, 2.05) is 43.3 Å². The number of Topliss-reactive ketones (excluding diaryl/α,β-unsaturated/α-hetero) is 1. The molecule has 0 amide bonds. The van der Waals surface area contributed by atoms with Crippen molar-refractivity contribution in [3.05, 3.63) is 69.2 Å². The smallest absolute Gasteiger partial charge is 0.168 e. The maximum atomic E-state index is 12.0. The molecule has 0 heterocycles. The lowest BCUT2D eigenvalue weighted by molar-refractivity contribution is -0.113. The molecule has 22 heavy (non-hydrogen) atoms. The van der Waals surface area contributed by atoms with E-state index in [1.165, 1.54) is 17.3 Å². The minimum Gasteiger partial charge on any atom is -0.357 e. The largest absolute Gasteiger partial charge is 0.357 e. The first-order valence-electron chi connectivity index (χ1n) is 6.95. The number of para-hydroxylation sites is 1. The Kier molecular flexibility index (Phi) is 5.86. The summed E-state index contributed by atoms with van der Waals surface area (Å²) < 4.78 is 0.970. The van der Waals surface area contributed by atoms with Gasteiger partial charge in [0.05, 0.1) is 10.6 Å². The van der Waals surface area contributed by atoms with Crippen LogP contribution in [-0.4, -0.2) is 5.78 Å². The van der Waals surface area contributed by atoms with Gasteiger partial charge in [-0.25, -0.2) is 0 Å². The maximum absolute atomic E-state index is 12.0. The van der Waals surface area contributed by atoms with Crippen LogP contribution in [0, 0.1) is 6.92 Å². The lowest BCUT2D eigenvalue weighted by Crippen LogP contribution is -2.04. The van der Waals surface area contributed by atoms with E-state index in [4.69, 9.17) is 0 Å². The Morgan fingerprint density at radius 3 is 2.27 bits per heavy atom. The number of carbonyl (C=O) groups excluding carboxylic acids is 1. The molecule has 0 atom stereocenters. The van der Waals surface area contributed by atoms with Crippen LogP contribution in [0.4, 0.5) is 5.69 Å². The molecule has 2 nitrogen and oxygen atoms in total. The van der Waals surface area contributed by atoms with Crippen molar-refractivity contribution in [2.75, 3.05) is 5.32 Å². The number of allylic oxidation sites excluding steroid dienone is 2. The first-order valence-corrected chi connectivity index (χ1v) is 8.56. The summed E-state index contributed by atoms with van der Waals surface area (Å²) in [6.45, 7) is 5.58. The lowest BCUT2D eigenvalue weighted by Gasteiger charge is -2.13. The van der Waals surface area contributed by atoms with E-state index in [2.05, 4.69) is 40.3 Å². The summed E-state index contributed by atoms with van der Waals surface area (Å²) >= 11 is 5.00. The highest BCUT2D eigenvalue weighted by Gasteiger charge is 2.12. The van der Waals surface area contributed by atoms with Gasteiger partial charge in [-0.1, -0.05) is 41.6 Å². The average molecular weight is 376 g/mol. The molecule has 0 bridgehead atoms. The van der Waals surface area contributed by atoms with E-state index in [0.717, 1.165) is 25.7 Å². The van der Waals surface area contributed by atoms with Crippen molar-refractivity contribution in [1.29, 1.82) is 0 Å². The molecule has 1 N–H and O–H groups in total. The number of ketones is 1. The molecule has 4 heteroatoms. The quantitative estimate of drug-likeness (QED) is 0.530. The van der Waals surface area contributed by atoms with E-state index in [1.54, 1.807) is 6.92 Å². The SMILES string of the molecule is CC(=O)/C(Sc1ccc(C)cc1)=C(/C)Nc1ccccc1Br. The number of nitrogens with one attached hydrogen (secondary N) is 1. The maximum Gasteiger partial charge on any atom is 0.168 e. The number of aryl methyl sites for hydroxylation is 1. The second-order valence-electron chi connectivity index (χ2n) is 5.03. The third kappa shape index (κ3) is 4.49. The van der Waals surface area contributed by atoms with Gasteiger partial charge in [-0.2, -0.15) is 0 Å². The Morgan fingerprint density at radius 2 is 1.68 bits per heavy atom. The predicted octanol–water partition coefficient (Wildman–Crippen LogP) is 5.78. The summed E-state index contributed by atoms with van der Waals surface area (Å²) in [7, 11) is 0. The monoisotopic (exact) mass is 375 g/mol. The van der Waals surface area contributed by atoms with Gasteiger partial charge in [0.2, 0.25) is 0 Å². The zero-order chi connectivity index (χ0) is 16.1. The van der Waals surface area contributed by atoms with Crippen molar-refractivity contribution in [1.82, 2.24) is 0 Å². The number of hydrogen-bond donors (Lipinski definition) is 1. The highest BCUT2D eigenvalue weighted by molar-refractivity contribution is 9.10. The van der Waals surface area contributed by atoms with Crippen LogP contribution in [0.2, 0.25) is 0 Å². The molecule has 2 rings (SSSR count). The van der Waals surface area contributed by atoms with E-state index in [0.29, 0.717) is 0 Å². The normalized spacial score (nSPS) is 11.8. The van der Waals surface area contributed by atoms with Crippen LogP contribution in [-0.2, 0) is 4.79 Å². The summed E-state index contributed by atoms with van der Waals surface area (Å²) in [5.74, 6) is 0.0580. The first-order chi connectivity index (χ1) is 10.5. The van der Waals surface area contributed by atoms with Gasteiger partial charge in [0, 0.05) is 15.1 Å². The van der Waals surface area contributed by atoms with Crippen molar-refractivity contribution in [2.24, 2.45) is 0 Å². The summed E-state index contributed by atoms with van der Waals surface area (Å²) in [6, 6.07) is 16.0. The van der Waals surface area contributed by atoms with Crippen LogP contribution in [0.3, 0.4) is 0 Å². The predicted molar refractivity (Wildman–Crippen MR) is 98.2 cm³/mol. The van der Waals surface area contributed by atoms with Crippen LogP contribution in [0.1, 0.15) is 19.4 Å². The van der Waals surface area contributed by atoms with Crippen molar-refractivity contribution in [2.45, 2.75) is 25.7 Å². The minimum absolute atomic E-state index is 0.0580. The third-order valence-corrected chi connectivity index (χ3v) is 5.09. The van der Waals surface area contributed by atoms with Crippen LogP contribution in [0.5, 0.6) is 0 Å². The molecule has 114 valence electrons. The topological polar surface area (TPSA) is 29.1 Å².